The van der Waals surface area contributed by atoms with Gasteiger partial charge in [0.25, 0.3) is 0 Å². The average Bonchev–Trinajstić information content (AvgIpc) is 2.40. The first-order valence-electron chi connectivity index (χ1n) is 6.19. The SMILES string of the molecule is O=C1C[CH]CCC1Oc1cc[c]c(C(F)(F)C(F)(F)F)c1. The van der Waals surface area contributed by atoms with E-state index in [1.54, 1.807) is 6.42 Å². The topological polar surface area (TPSA) is 26.3 Å². The van der Waals surface area contributed by atoms with Crippen LogP contribution in [0.1, 0.15) is 24.8 Å². The second-order valence-corrected chi connectivity index (χ2v) is 4.65. The lowest BCUT2D eigenvalue weighted by Gasteiger charge is -2.23. The first kappa shape index (κ1) is 15.7. The van der Waals surface area contributed by atoms with Crippen molar-refractivity contribution in [1.29, 1.82) is 0 Å². The van der Waals surface area contributed by atoms with Crippen molar-refractivity contribution in [3.05, 3.63) is 36.2 Å². The van der Waals surface area contributed by atoms with Gasteiger partial charge < -0.3 is 4.74 Å². The molecule has 1 unspecified atom stereocenters. The molecule has 2 nitrogen and oxygen atoms in total. The molecule has 21 heavy (non-hydrogen) atoms. The Hall–Kier alpha value is -1.66. The Kier molecular flexibility index (Phi) is 4.20. The van der Waals surface area contributed by atoms with Crippen molar-refractivity contribution >= 4 is 5.78 Å². The maximum absolute atomic E-state index is 13.2. The molecule has 1 atom stereocenters. The summed E-state index contributed by atoms with van der Waals surface area (Å²) >= 11 is 0. The van der Waals surface area contributed by atoms with E-state index in [2.05, 4.69) is 0 Å². The number of rotatable bonds is 3. The minimum Gasteiger partial charge on any atom is -0.483 e. The molecule has 2 rings (SSSR count). The van der Waals surface area contributed by atoms with Gasteiger partial charge in [-0.15, -0.1) is 0 Å². The van der Waals surface area contributed by atoms with Crippen molar-refractivity contribution in [3.8, 4) is 5.75 Å². The third-order valence-corrected chi connectivity index (χ3v) is 3.08. The Morgan fingerprint density at radius 1 is 1.24 bits per heavy atom. The zero-order valence-electron chi connectivity index (χ0n) is 10.7. The normalized spacial score (nSPS) is 20.4. The van der Waals surface area contributed by atoms with Crippen LogP contribution in [0.2, 0.25) is 0 Å². The van der Waals surface area contributed by atoms with Crippen LogP contribution in [-0.2, 0) is 10.7 Å². The van der Waals surface area contributed by atoms with E-state index in [0.717, 1.165) is 6.07 Å². The monoisotopic (exact) mass is 306 g/mol. The van der Waals surface area contributed by atoms with Crippen LogP contribution in [0.25, 0.3) is 0 Å². The number of Topliss-reactive ketones (excluding diaryl/α,β-unsaturated/α-hetero) is 1. The molecule has 0 N–H and O–H groups in total. The molecular formula is C14H11F5O2. The van der Waals surface area contributed by atoms with Gasteiger partial charge in [-0.05, 0) is 37.5 Å². The molecule has 114 valence electrons. The average molecular weight is 306 g/mol. The lowest BCUT2D eigenvalue weighted by molar-refractivity contribution is -0.289. The van der Waals surface area contributed by atoms with Crippen molar-refractivity contribution in [3.63, 3.8) is 0 Å². The molecule has 1 aromatic rings. The van der Waals surface area contributed by atoms with Crippen LogP contribution in [0.5, 0.6) is 5.75 Å². The molecule has 1 saturated carbocycles. The summed E-state index contributed by atoms with van der Waals surface area (Å²) in [5.74, 6) is -5.44. The Morgan fingerprint density at radius 3 is 2.57 bits per heavy atom. The van der Waals surface area contributed by atoms with Gasteiger partial charge in [-0.2, -0.15) is 22.0 Å². The summed E-state index contributed by atoms with van der Waals surface area (Å²) in [5.41, 5.74) is -1.33. The Labute approximate surface area is 117 Å². The number of hydrogen-bond donors (Lipinski definition) is 0. The maximum atomic E-state index is 13.2. The fourth-order valence-electron chi connectivity index (χ4n) is 1.95. The highest BCUT2D eigenvalue weighted by molar-refractivity contribution is 5.85. The van der Waals surface area contributed by atoms with E-state index in [4.69, 9.17) is 4.74 Å². The number of ether oxygens (including phenoxy) is 1. The van der Waals surface area contributed by atoms with E-state index in [1.165, 1.54) is 6.07 Å². The molecule has 0 heterocycles. The van der Waals surface area contributed by atoms with Gasteiger partial charge in [0.05, 0.1) is 0 Å². The molecular weight excluding hydrogens is 295 g/mol. The maximum Gasteiger partial charge on any atom is 0.458 e. The molecule has 0 amide bonds. The van der Waals surface area contributed by atoms with Crippen LogP contribution in [-0.4, -0.2) is 18.1 Å². The van der Waals surface area contributed by atoms with Crippen LogP contribution >= 0.6 is 0 Å². The van der Waals surface area contributed by atoms with Gasteiger partial charge in [-0.3, -0.25) is 4.79 Å². The highest BCUT2D eigenvalue weighted by Gasteiger charge is 2.58. The fraction of sp³-hybridized carbons (Fsp3) is 0.429. The minimum absolute atomic E-state index is 0.201. The standard InChI is InChI=1S/C14H11F5O2/c15-13(16,14(17,18)19)9-4-3-5-10(8-9)21-12-7-2-1-6-11(12)20/h1,3,5,8,12H,2,6-7H2. The first-order valence-corrected chi connectivity index (χ1v) is 6.19. The minimum atomic E-state index is -5.71. The quantitative estimate of drug-likeness (QED) is 0.793. The van der Waals surface area contributed by atoms with Gasteiger partial charge in [0, 0.05) is 12.0 Å². The highest BCUT2D eigenvalue weighted by Crippen LogP contribution is 2.44. The predicted molar refractivity (Wildman–Crippen MR) is 62.8 cm³/mol. The van der Waals surface area contributed by atoms with Gasteiger partial charge >= 0.3 is 12.1 Å². The summed E-state index contributed by atoms with van der Waals surface area (Å²) in [6.07, 6.45) is -3.55. The molecule has 7 heteroatoms. The smallest absolute Gasteiger partial charge is 0.458 e. The Balaban J connectivity index is 2.20. The molecule has 1 aromatic carbocycles. The zero-order valence-corrected chi connectivity index (χ0v) is 10.7. The summed E-state index contributed by atoms with van der Waals surface area (Å²) in [7, 11) is 0. The Bertz CT molecular complexity index is 524. The molecule has 0 bridgehead atoms. The van der Waals surface area contributed by atoms with E-state index in [0.29, 0.717) is 18.9 Å². The van der Waals surface area contributed by atoms with E-state index in [9.17, 15) is 26.7 Å². The molecule has 0 spiro atoms. The largest absolute Gasteiger partial charge is 0.483 e. The number of carbonyl (C=O) groups is 1. The van der Waals surface area contributed by atoms with Crippen molar-refractivity contribution in [1.82, 2.24) is 0 Å². The summed E-state index contributed by atoms with van der Waals surface area (Å²) in [6.45, 7) is 0. The first-order chi connectivity index (χ1) is 9.72. The Morgan fingerprint density at radius 2 is 1.95 bits per heavy atom. The number of hydrogen-bond acceptors (Lipinski definition) is 2. The van der Waals surface area contributed by atoms with E-state index in [-0.39, 0.29) is 18.0 Å². The summed E-state index contributed by atoms with van der Waals surface area (Å²) in [6, 6.07) is 4.55. The van der Waals surface area contributed by atoms with Gasteiger partial charge in [0.2, 0.25) is 0 Å². The van der Waals surface area contributed by atoms with Crippen LogP contribution < -0.4 is 4.74 Å². The van der Waals surface area contributed by atoms with Gasteiger partial charge in [-0.25, -0.2) is 0 Å². The molecule has 1 fully saturated rings. The van der Waals surface area contributed by atoms with Crippen LogP contribution in [0.4, 0.5) is 22.0 Å². The van der Waals surface area contributed by atoms with Crippen LogP contribution in [0, 0.1) is 12.5 Å². The van der Waals surface area contributed by atoms with Crippen molar-refractivity contribution in [2.75, 3.05) is 0 Å². The second kappa shape index (κ2) is 5.61. The van der Waals surface area contributed by atoms with Gasteiger partial charge in [0.15, 0.2) is 11.9 Å². The zero-order chi connectivity index (χ0) is 15.7. The third kappa shape index (κ3) is 3.33. The number of benzene rings is 1. The van der Waals surface area contributed by atoms with Crippen molar-refractivity contribution < 1.29 is 31.5 Å². The number of alkyl halides is 5. The van der Waals surface area contributed by atoms with Gasteiger partial charge in [0.1, 0.15) is 5.75 Å². The summed E-state index contributed by atoms with van der Waals surface area (Å²) in [5, 5.41) is 0. The molecule has 0 aliphatic heterocycles. The lowest BCUT2D eigenvalue weighted by atomic mass is 9.96. The number of carbonyl (C=O) groups excluding carboxylic acids is 1. The second-order valence-electron chi connectivity index (χ2n) is 4.65. The summed E-state index contributed by atoms with van der Waals surface area (Å²) in [4.78, 5) is 11.5. The molecule has 1 aliphatic rings. The van der Waals surface area contributed by atoms with E-state index in [1.807, 2.05) is 6.07 Å². The molecule has 1 aliphatic carbocycles. The van der Waals surface area contributed by atoms with Crippen molar-refractivity contribution in [2.45, 2.75) is 37.5 Å². The fourth-order valence-corrected chi connectivity index (χ4v) is 1.95. The van der Waals surface area contributed by atoms with Crippen molar-refractivity contribution in [2.24, 2.45) is 0 Å². The molecule has 0 aromatic heterocycles. The lowest BCUT2D eigenvalue weighted by Crippen LogP contribution is -2.34. The highest BCUT2D eigenvalue weighted by atomic mass is 19.4. The van der Waals surface area contributed by atoms with Crippen LogP contribution in [0.3, 0.4) is 0 Å². The number of halogens is 5. The third-order valence-electron chi connectivity index (χ3n) is 3.08. The van der Waals surface area contributed by atoms with E-state index >= 15 is 0 Å². The van der Waals surface area contributed by atoms with Crippen LogP contribution in [0.15, 0.2) is 18.2 Å². The molecule has 0 saturated heterocycles. The predicted octanol–water partition coefficient (Wildman–Crippen LogP) is 3.85. The summed E-state index contributed by atoms with van der Waals surface area (Å²) < 4.78 is 68.6. The molecule has 2 radical (unpaired) electrons. The van der Waals surface area contributed by atoms with Gasteiger partial charge in [-0.1, -0.05) is 6.07 Å². The van der Waals surface area contributed by atoms with E-state index < -0.39 is 23.8 Å². The number of ketones is 1.